The number of Topliss-reactive ketones (excluding diaryl/α,β-unsaturated/α-hetero) is 1. The molecule has 0 bridgehead atoms. The van der Waals surface area contributed by atoms with Crippen LogP contribution in [0.15, 0.2) is 24.3 Å². The topological polar surface area (TPSA) is 63.3 Å². The van der Waals surface area contributed by atoms with E-state index in [2.05, 4.69) is 6.92 Å². The van der Waals surface area contributed by atoms with Crippen LogP contribution in [-0.2, 0) is 6.42 Å². The van der Waals surface area contributed by atoms with Gasteiger partial charge in [0.1, 0.15) is 0 Å². The SMILES string of the molecule is CCCCCC(=O)c1ccc(C[C@H](N)CO)cc1. The third kappa shape index (κ3) is 4.98. The largest absolute Gasteiger partial charge is 0.395 e. The summed E-state index contributed by atoms with van der Waals surface area (Å²) in [6.07, 6.45) is 4.47. The number of carbonyl (C=O) groups is 1. The van der Waals surface area contributed by atoms with Crippen LogP contribution in [0, 0.1) is 0 Å². The van der Waals surface area contributed by atoms with Gasteiger partial charge in [0.25, 0.3) is 0 Å². The zero-order chi connectivity index (χ0) is 13.4. The zero-order valence-electron chi connectivity index (χ0n) is 11.1. The van der Waals surface area contributed by atoms with E-state index in [9.17, 15) is 4.79 Å². The molecule has 1 rings (SSSR count). The molecule has 0 aliphatic carbocycles. The molecule has 0 spiro atoms. The number of ketones is 1. The molecular formula is C15H23NO2. The van der Waals surface area contributed by atoms with E-state index in [-0.39, 0.29) is 18.4 Å². The quantitative estimate of drug-likeness (QED) is 0.549. The van der Waals surface area contributed by atoms with E-state index in [1.807, 2.05) is 24.3 Å². The number of aliphatic hydroxyl groups is 1. The number of benzene rings is 1. The van der Waals surface area contributed by atoms with Crippen molar-refractivity contribution in [3.8, 4) is 0 Å². The number of unbranched alkanes of at least 4 members (excludes halogenated alkanes) is 2. The average molecular weight is 249 g/mol. The summed E-state index contributed by atoms with van der Waals surface area (Å²) in [5.41, 5.74) is 7.49. The highest BCUT2D eigenvalue weighted by molar-refractivity contribution is 5.96. The molecule has 0 radical (unpaired) electrons. The van der Waals surface area contributed by atoms with Gasteiger partial charge in [-0.05, 0) is 18.4 Å². The van der Waals surface area contributed by atoms with Gasteiger partial charge in [0.2, 0.25) is 0 Å². The first-order valence-corrected chi connectivity index (χ1v) is 6.66. The molecule has 0 saturated heterocycles. The minimum absolute atomic E-state index is 0.0162. The van der Waals surface area contributed by atoms with Crippen molar-refractivity contribution < 1.29 is 9.90 Å². The molecule has 3 N–H and O–H groups in total. The van der Waals surface area contributed by atoms with Gasteiger partial charge in [-0.25, -0.2) is 0 Å². The van der Waals surface area contributed by atoms with Gasteiger partial charge < -0.3 is 10.8 Å². The molecule has 0 unspecified atom stereocenters. The second kappa shape index (κ2) is 8.01. The molecule has 0 heterocycles. The fourth-order valence-electron chi connectivity index (χ4n) is 1.87. The van der Waals surface area contributed by atoms with Gasteiger partial charge in [-0.2, -0.15) is 0 Å². The van der Waals surface area contributed by atoms with Crippen LogP contribution in [0.3, 0.4) is 0 Å². The lowest BCUT2D eigenvalue weighted by molar-refractivity contribution is 0.0979. The Morgan fingerprint density at radius 1 is 1.28 bits per heavy atom. The number of carbonyl (C=O) groups excluding carboxylic acids is 1. The van der Waals surface area contributed by atoms with E-state index < -0.39 is 0 Å². The molecule has 3 heteroatoms. The van der Waals surface area contributed by atoms with Gasteiger partial charge in [-0.3, -0.25) is 4.79 Å². The maximum absolute atomic E-state index is 11.8. The van der Waals surface area contributed by atoms with Crippen LogP contribution in [0.2, 0.25) is 0 Å². The smallest absolute Gasteiger partial charge is 0.162 e. The van der Waals surface area contributed by atoms with Crippen molar-refractivity contribution in [2.24, 2.45) is 5.73 Å². The van der Waals surface area contributed by atoms with E-state index in [0.717, 1.165) is 30.4 Å². The van der Waals surface area contributed by atoms with Gasteiger partial charge in [0.05, 0.1) is 6.61 Å². The molecule has 1 atom stereocenters. The van der Waals surface area contributed by atoms with Crippen LogP contribution in [-0.4, -0.2) is 23.5 Å². The molecular weight excluding hydrogens is 226 g/mol. The molecule has 3 nitrogen and oxygen atoms in total. The molecule has 100 valence electrons. The molecule has 18 heavy (non-hydrogen) atoms. The Bertz CT molecular complexity index is 359. The van der Waals surface area contributed by atoms with Crippen LogP contribution in [0.5, 0.6) is 0 Å². The Morgan fingerprint density at radius 2 is 1.94 bits per heavy atom. The Labute approximate surface area is 109 Å². The van der Waals surface area contributed by atoms with Gasteiger partial charge >= 0.3 is 0 Å². The van der Waals surface area contributed by atoms with Gasteiger partial charge in [0.15, 0.2) is 5.78 Å². The van der Waals surface area contributed by atoms with Gasteiger partial charge in [-0.15, -0.1) is 0 Å². The Balaban J connectivity index is 2.51. The summed E-state index contributed by atoms with van der Waals surface area (Å²) in [6, 6.07) is 7.32. The first kappa shape index (κ1) is 14.9. The maximum atomic E-state index is 11.8. The van der Waals surface area contributed by atoms with Crippen molar-refractivity contribution in [3.63, 3.8) is 0 Å². The second-order valence-electron chi connectivity index (χ2n) is 4.72. The number of aliphatic hydroxyl groups excluding tert-OH is 1. The van der Waals surface area contributed by atoms with Crippen molar-refractivity contribution >= 4 is 5.78 Å². The second-order valence-corrected chi connectivity index (χ2v) is 4.72. The van der Waals surface area contributed by atoms with E-state index in [1.165, 1.54) is 0 Å². The molecule has 0 aliphatic rings. The van der Waals surface area contributed by atoms with Crippen LogP contribution in [0.25, 0.3) is 0 Å². The summed E-state index contributed by atoms with van der Waals surface area (Å²) in [5.74, 6) is 0.210. The molecule has 0 saturated carbocycles. The lowest BCUT2D eigenvalue weighted by Gasteiger charge is -2.08. The first-order chi connectivity index (χ1) is 8.67. The Kier molecular flexibility index (Phi) is 6.61. The molecule has 0 fully saturated rings. The highest BCUT2D eigenvalue weighted by Gasteiger charge is 2.06. The predicted molar refractivity (Wildman–Crippen MR) is 73.7 cm³/mol. The molecule has 0 aromatic heterocycles. The molecule has 0 amide bonds. The first-order valence-electron chi connectivity index (χ1n) is 6.66. The number of hydrogen-bond donors (Lipinski definition) is 2. The zero-order valence-corrected chi connectivity index (χ0v) is 11.1. The molecule has 0 aliphatic heterocycles. The van der Waals surface area contributed by atoms with E-state index in [4.69, 9.17) is 10.8 Å². The molecule has 1 aromatic carbocycles. The fraction of sp³-hybridized carbons (Fsp3) is 0.533. The van der Waals surface area contributed by atoms with Crippen molar-refractivity contribution in [1.82, 2.24) is 0 Å². The van der Waals surface area contributed by atoms with Crippen molar-refractivity contribution in [2.75, 3.05) is 6.61 Å². The predicted octanol–water partition coefficient (Wildman–Crippen LogP) is 2.31. The number of nitrogens with two attached hydrogens (primary N) is 1. The third-order valence-corrected chi connectivity index (χ3v) is 3.02. The summed E-state index contributed by atoms with van der Waals surface area (Å²) in [6.45, 7) is 2.11. The number of hydrogen-bond acceptors (Lipinski definition) is 3. The summed E-state index contributed by atoms with van der Waals surface area (Å²) < 4.78 is 0. The summed E-state index contributed by atoms with van der Waals surface area (Å²) in [7, 11) is 0. The van der Waals surface area contributed by atoms with Crippen molar-refractivity contribution in [2.45, 2.75) is 45.1 Å². The Hall–Kier alpha value is -1.19. The van der Waals surface area contributed by atoms with Crippen molar-refractivity contribution in [3.05, 3.63) is 35.4 Å². The van der Waals surface area contributed by atoms with Crippen LogP contribution >= 0.6 is 0 Å². The lowest BCUT2D eigenvalue weighted by atomic mass is 10.0. The lowest BCUT2D eigenvalue weighted by Crippen LogP contribution is -2.26. The van der Waals surface area contributed by atoms with E-state index in [0.29, 0.717) is 12.8 Å². The summed E-state index contributed by atoms with van der Waals surface area (Å²) >= 11 is 0. The summed E-state index contributed by atoms with van der Waals surface area (Å²) in [5, 5.41) is 8.88. The minimum atomic E-state index is -0.226. The minimum Gasteiger partial charge on any atom is -0.395 e. The van der Waals surface area contributed by atoms with Crippen molar-refractivity contribution in [1.29, 1.82) is 0 Å². The van der Waals surface area contributed by atoms with E-state index >= 15 is 0 Å². The summed E-state index contributed by atoms with van der Waals surface area (Å²) in [4.78, 5) is 11.8. The standard InChI is InChI=1S/C15H23NO2/c1-2-3-4-5-15(18)13-8-6-12(7-9-13)10-14(16)11-17/h6-9,14,17H,2-5,10-11,16H2,1H3/t14-/m0/s1. The van der Waals surface area contributed by atoms with E-state index in [1.54, 1.807) is 0 Å². The average Bonchev–Trinajstić information content (AvgIpc) is 2.39. The van der Waals surface area contributed by atoms with Crippen LogP contribution in [0.4, 0.5) is 0 Å². The normalized spacial score (nSPS) is 12.4. The maximum Gasteiger partial charge on any atom is 0.162 e. The molecule has 1 aromatic rings. The van der Waals surface area contributed by atoms with Gasteiger partial charge in [0, 0.05) is 18.0 Å². The Morgan fingerprint density at radius 3 is 2.50 bits per heavy atom. The monoisotopic (exact) mass is 249 g/mol. The van der Waals surface area contributed by atoms with Crippen LogP contribution in [0.1, 0.15) is 48.5 Å². The third-order valence-electron chi connectivity index (χ3n) is 3.02. The highest BCUT2D eigenvalue weighted by atomic mass is 16.3. The van der Waals surface area contributed by atoms with Crippen LogP contribution < -0.4 is 5.73 Å². The highest BCUT2D eigenvalue weighted by Crippen LogP contribution is 2.11. The van der Waals surface area contributed by atoms with Gasteiger partial charge in [-0.1, -0.05) is 44.0 Å². The number of rotatable bonds is 8. The fourth-order valence-corrected chi connectivity index (χ4v) is 1.87.